The van der Waals surface area contributed by atoms with Crippen molar-refractivity contribution in [2.24, 2.45) is 17.3 Å². The lowest BCUT2D eigenvalue weighted by molar-refractivity contribution is 0.140. The normalized spacial score (nSPS) is 28.1. The average Bonchev–Trinajstić information content (AvgIpc) is 2.76. The molecule has 1 saturated carbocycles. The molecule has 0 aliphatic heterocycles. The first-order chi connectivity index (χ1) is 9.29. The third-order valence-electron chi connectivity index (χ3n) is 4.87. The van der Waals surface area contributed by atoms with Gasteiger partial charge in [0.05, 0.1) is 5.69 Å². The van der Waals surface area contributed by atoms with E-state index in [4.69, 9.17) is 16.7 Å². The van der Waals surface area contributed by atoms with Crippen LogP contribution >= 0.6 is 11.6 Å². The summed E-state index contributed by atoms with van der Waals surface area (Å²) in [6.07, 6.45) is 6.85. The Balaban J connectivity index is 2.05. The third kappa shape index (κ3) is 3.58. The van der Waals surface area contributed by atoms with Gasteiger partial charge in [0.1, 0.15) is 0 Å². The summed E-state index contributed by atoms with van der Waals surface area (Å²) in [6, 6.07) is 2.60. The van der Waals surface area contributed by atoms with E-state index in [2.05, 4.69) is 46.9 Å². The van der Waals surface area contributed by atoms with Gasteiger partial charge in [0.15, 0.2) is 0 Å². The molecule has 0 amide bonds. The molecule has 0 spiro atoms. The zero-order valence-electron chi connectivity index (χ0n) is 13.6. The van der Waals surface area contributed by atoms with Crippen molar-refractivity contribution in [3.05, 3.63) is 18.0 Å². The SMILES string of the molecule is CC1CCC(C(C)(C)Cc2ccn(C(C)C)n2)C(Cl)C1. The van der Waals surface area contributed by atoms with Crippen LogP contribution in [0.5, 0.6) is 0 Å². The van der Waals surface area contributed by atoms with Gasteiger partial charge in [-0.15, -0.1) is 11.6 Å². The van der Waals surface area contributed by atoms with Crippen LogP contribution < -0.4 is 0 Å². The molecule has 0 aromatic carbocycles. The predicted octanol–water partition coefficient (Wildman–Crippen LogP) is 5.08. The maximum absolute atomic E-state index is 6.66. The van der Waals surface area contributed by atoms with Gasteiger partial charge in [0.2, 0.25) is 0 Å². The third-order valence-corrected chi connectivity index (χ3v) is 5.35. The van der Waals surface area contributed by atoms with Crippen molar-refractivity contribution in [1.82, 2.24) is 9.78 Å². The van der Waals surface area contributed by atoms with Gasteiger partial charge in [-0.3, -0.25) is 4.68 Å². The van der Waals surface area contributed by atoms with E-state index < -0.39 is 0 Å². The summed E-state index contributed by atoms with van der Waals surface area (Å²) in [6.45, 7) is 11.4. The minimum Gasteiger partial charge on any atom is -0.270 e. The standard InChI is InChI=1S/C17H29ClN2/c1-12(2)20-9-8-14(19-20)11-17(4,5)15-7-6-13(3)10-16(15)18/h8-9,12-13,15-16H,6-7,10-11H2,1-5H3. The van der Waals surface area contributed by atoms with E-state index >= 15 is 0 Å². The summed E-state index contributed by atoms with van der Waals surface area (Å²) in [7, 11) is 0. The van der Waals surface area contributed by atoms with Crippen LogP contribution in [-0.4, -0.2) is 15.2 Å². The summed E-state index contributed by atoms with van der Waals surface area (Å²) in [5, 5.41) is 5.02. The lowest BCUT2D eigenvalue weighted by atomic mass is 9.67. The number of hydrogen-bond donors (Lipinski definition) is 0. The second-order valence-electron chi connectivity index (χ2n) is 7.59. The fraction of sp³-hybridized carbons (Fsp3) is 0.824. The highest BCUT2D eigenvalue weighted by Gasteiger charge is 2.38. The topological polar surface area (TPSA) is 17.8 Å². The van der Waals surface area contributed by atoms with Crippen molar-refractivity contribution in [2.45, 2.75) is 71.7 Å². The van der Waals surface area contributed by atoms with Gasteiger partial charge >= 0.3 is 0 Å². The molecule has 1 aromatic heterocycles. The van der Waals surface area contributed by atoms with E-state index in [-0.39, 0.29) is 5.41 Å². The van der Waals surface area contributed by atoms with Crippen LogP contribution in [0.4, 0.5) is 0 Å². The lowest BCUT2D eigenvalue weighted by Gasteiger charge is -2.41. The maximum atomic E-state index is 6.66. The number of nitrogens with zero attached hydrogens (tertiary/aromatic N) is 2. The van der Waals surface area contributed by atoms with Crippen molar-refractivity contribution in [3.8, 4) is 0 Å². The van der Waals surface area contributed by atoms with Crippen molar-refractivity contribution < 1.29 is 0 Å². The Morgan fingerprint density at radius 1 is 1.40 bits per heavy atom. The summed E-state index contributed by atoms with van der Waals surface area (Å²) in [5.74, 6) is 1.38. The van der Waals surface area contributed by atoms with E-state index in [0.29, 0.717) is 17.3 Å². The molecule has 114 valence electrons. The van der Waals surface area contributed by atoms with Gasteiger partial charge in [0.25, 0.3) is 0 Å². The van der Waals surface area contributed by atoms with Crippen LogP contribution in [-0.2, 0) is 6.42 Å². The van der Waals surface area contributed by atoms with E-state index in [1.807, 2.05) is 4.68 Å². The molecule has 0 saturated heterocycles. The summed E-state index contributed by atoms with van der Waals surface area (Å²) in [4.78, 5) is 0. The van der Waals surface area contributed by atoms with Crippen LogP contribution in [0.2, 0.25) is 0 Å². The molecule has 1 fully saturated rings. The Hall–Kier alpha value is -0.500. The van der Waals surface area contributed by atoms with Crippen LogP contribution in [0, 0.1) is 17.3 Å². The highest BCUT2D eigenvalue weighted by Crippen LogP contribution is 2.44. The van der Waals surface area contributed by atoms with E-state index in [1.165, 1.54) is 18.5 Å². The van der Waals surface area contributed by atoms with Crippen molar-refractivity contribution in [2.75, 3.05) is 0 Å². The first-order valence-electron chi connectivity index (χ1n) is 7.97. The molecule has 1 heterocycles. The molecule has 1 aliphatic rings. The Kier molecular flexibility index (Phi) is 4.84. The number of alkyl halides is 1. The molecule has 0 radical (unpaired) electrons. The molecule has 2 nitrogen and oxygen atoms in total. The maximum Gasteiger partial charge on any atom is 0.0630 e. The van der Waals surface area contributed by atoms with Crippen LogP contribution in [0.15, 0.2) is 12.3 Å². The smallest absolute Gasteiger partial charge is 0.0630 e. The average molecular weight is 297 g/mol. The van der Waals surface area contributed by atoms with Crippen molar-refractivity contribution in [1.29, 1.82) is 0 Å². The van der Waals surface area contributed by atoms with E-state index in [1.54, 1.807) is 0 Å². The number of hydrogen-bond acceptors (Lipinski definition) is 1. The Morgan fingerprint density at radius 3 is 2.65 bits per heavy atom. The molecule has 20 heavy (non-hydrogen) atoms. The number of aromatic nitrogens is 2. The number of halogens is 1. The number of rotatable bonds is 4. The largest absolute Gasteiger partial charge is 0.270 e. The molecule has 1 aromatic rings. The van der Waals surface area contributed by atoms with Gasteiger partial charge in [0, 0.05) is 17.6 Å². The monoisotopic (exact) mass is 296 g/mol. The van der Waals surface area contributed by atoms with Gasteiger partial charge in [-0.1, -0.05) is 27.2 Å². The molecular formula is C17H29ClN2. The predicted molar refractivity (Wildman–Crippen MR) is 86.2 cm³/mol. The summed E-state index contributed by atoms with van der Waals surface area (Å²) < 4.78 is 2.05. The minimum atomic E-state index is 0.225. The van der Waals surface area contributed by atoms with Crippen molar-refractivity contribution >= 4 is 11.6 Å². The quantitative estimate of drug-likeness (QED) is 0.709. The van der Waals surface area contributed by atoms with Gasteiger partial charge in [-0.2, -0.15) is 5.10 Å². The summed E-state index contributed by atoms with van der Waals surface area (Å²) in [5.41, 5.74) is 1.43. The van der Waals surface area contributed by atoms with Crippen LogP contribution in [0.1, 0.15) is 65.6 Å². The molecule has 3 heteroatoms. The molecule has 3 atom stereocenters. The highest BCUT2D eigenvalue weighted by molar-refractivity contribution is 6.20. The zero-order chi connectivity index (χ0) is 14.9. The van der Waals surface area contributed by atoms with E-state index in [9.17, 15) is 0 Å². The molecule has 0 bridgehead atoms. The molecule has 3 unspecified atom stereocenters. The van der Waals surface area contributed by atoms with Crippen LogP contribution in [0.3, 0.4) is 0 Å². The van der Waals surface area contributed by atoms with Crippen LogP contribution in [0.25, 0.3) is 0 Å². The highest BCUT2D eigenvalue weighted by atomic mass is 35.5. The fourth-order valence-electron chi connectivity index (χ4n) is 3.55. The van der Waals surface area contributed by atoms with E-state index in [0.717, 1.165) is 18.8 Å². The second kappa shape index (κ2) is 6.09. The molecule has 1 aliphatic carbocycles. The van der Waals surface area contributed by atoms with Crippen molar-refractivity contribution in [3.63, 3.8) is 0 Å². The Labute approximate surface area is 128 Å². The minimum absolute atomic E-state index is 0.225. The van der Waals surface area contributed by atoms with Gasteiger partial charge in [-0.25, -0.2) is 0 Å². The molecule has 2 rings (SSSR count). The molecule has 0 N–H and O–H groups in total. The Bertz CT molecular complexity index is 436. The fourth-order valence-corrected chi connectivity index (χ4v) is 4.32. The Morgan fingerprint density at radius 2 is 2.10 bits per heavy atom. The first-order valence-corrected chi connectivity index (χ1v) is 8.41. The zero-order valence-corrected chi connectivity index (χ0v) is 14.3. The second-order valence-corrected chi connectivity index (χ2v) is 8.15. The van der Waals surface area contributed by atoms with Gasteiger partial charge < -0.3 is 0 Å². The lowest BCUT2D eigenvalue weighted by Crippen LogP contribution is -2.37. The van der Waals surface area contributed by atoms with Gasteiger partial charge in [-0.05, 0) is 56.4 Å². The first kappa shape index (κ1) is 15.9. The molecular weight excluding hydrogens is 268 g/mol. The summed E-state index contributed by atoms with van der Waals surface area (Å²) >= 11 is 6.66.